The molecule has 0 aromatic carbocycles. The normalized spacial score (nSPS) is 11.1. The van der Waals surface area contributed by atoms with Crippen molar-refractivity contribution in [3.05, 3.63) is 0 Å². The summed E-state index contributed by atoms with van der Waals surface area (Å²) in [6.07, 6.45) is 4.22. The minimum Gasteiger partial charge on any atom is -0.353 e. The Labute approximate surface area is 85.4 Å². The molecule has 0 aliphatic rings. The van der Waals surface area contributed by atoms with Crippen molar-refractivity contribution in [3.8, 4) is 0 Å². The summed E-state index contributed by atoms with van der Waals surface area (Å²) in [6.45, 7) is 5.83. The lowest BCUT2D eigenvalue weighted by atomic mass is 10.3. The Morgan fingerprint density at radius 3 is 2.00 bits per heavy atom. The summed E-state index contributed by atoms with van der Waals surface area (Å²) in [6, 6.07) is 1.02. The minimum atomic E-state index is 0.0104. The van der Waals surface area contributed by atoms with Gasteiger partial charge in [-0.15, -0.1) is 0 Å². The molecule has 0 aliphatic carbocycles. The van der Waals surface area contributed by atoms with Crippen LogP contribution in [0.25, 0.3) is 0 Å². The van der Waals surface area contributed by atoms with Crippen molar-refractivity contribution in [2.75, 3.05) is 13.2 Å². The van der Waals surface area contributed by atoms with Crippen molar-refractivity contribution in [1.82, 2.24) is 0 Å². The first-order chi connectivity index (χ1) is 6.35. The average Bonchev–Trinajstić information content (AvgIpc) is 2.17. The standard InChI is InChI=1S/C10H21O2Si/c1-3-7-11-10(6-5-9-13)12-8-4-2/h10H,3-9H2,1-2H3. The maximum absolute atomic E-state index is 5.55. The SMILES string of the molecule is CCCOC(CCC[Si])OCCC. The summed E-state index contributed by atoms with van der Waals surface area (Å²) >= 11 is 0. The molecular formula is C10H21O2Si. The Hall–Kier alpha value is 0.137. The molecule has 3 heteroatoms. The van der Waals surface area contributed by atoms with Gasteiger partial charge in [0.1, 0.15) is 0 Å². The second-order valence-electron chi connectivity index (χ2n) is 3.06. The largest absolute Gasteiger partial charge is 0.353 e. The number of hydrogen-bond donors (Lipinski definition) is 0. The molecule has 0 heterocycles. The molecule has 2 nitrogen and oxygen atoms in total. The van der Waals surface area contributed by atoms with Gasteiger partial charge in [0.05, 0.1) is 0 Å². The maximum atomic E-state index is 5.55. The highest BCUT2D eigenvalue weighted by atomic mass is 28.1. The predicted molar refractivity (Wildman–Crippen MR) is 56.1 cm³/mol. The summed E-state index contributed by atoms with van der Waals surface area (Å²) in [7, 11) is 3.45. The Kier molecular flexibility index (Phi) is 10.3. The molecule has 0 saturated heterocycles. The number of rotatable bonds is 9. The van der Waals surface area contributed by atoms with Gasteiger partial charge in [-0.1, -0.05) is 26.3 Å². The van der Waals surface area contributed by atoms with Crippen molar-refractivity contribution < 1.29 is 9.47 Å². The molecule has 0 bridgehead atoms. The molecule has 0 aromatic heterocycles. The lowest BCUT2D eigenvalue weighted by Crippen LogP contribution is -2.18. The van der Waals surface area contributed by atoms with Crippen LogP contribution in [0.5, 0.6) is 0 Å². The molecule has 0 rings (SSSR count). The van der Waals surface area contributed by atoms with Crippen LogP contribution in [0.15, 0.2) is 0 Å². The van der Waals surface area contributed by atoms with E-state index in [4.69, 9.17) is 9.47 Å². The van der Waals surface area contributed by atoms with Crippen LogP contribution < -0.4 is 0 Å². The van der Waals surface area contributed by atoms with E-state index in [2.05, 4.69) is 24.1 Å². The summed E-state index contributed by atoms with van der Waals surface area (Å²) in [5.74, 6) is 0. The molecule has 0 aromatic rings. The average molecular weight is 201 g/mol. The zero-order valence-corrected chi connectivity index (χ0v) is 9.84. The Morgan fingerprint density at radius 1 is 1.08 bits per heavy atom. The van der Waals surface area contributed by atoms with Gasteiger partial charge in [-0.25, -0.2) is 0 Å². The van der Waals surface area contributed by atoms with E-state index in [1.807, 2.05) is 0 Å². The van der Waals surface area contributed by atoms with Crippen LogP contribution >= 0.6 is 0 Å². The van der Waals surface area contributed by atoms with E-state index in [0.29, 0.717) is 0 Å². The third-order valence-electron chi connectivity index (χ3n) is 1.63. The third-order valence-corrected chi connectivity index (χ3v) is 1.99. The molecule has 13 heavy (non-hydrogen) atoms. The Balaban J connectivity index is 3.47. The van der Waals surface area contributed by atoms with Crippen LogP contribution in [0.2, 0.25) is 6.04 Å². The van der Waals surface area contributed by atoms with Crippen LogP contribution in [-0.2, 0) is 9.47 Å². The highest BCUT2D eigenvalue weighted by Crippen LogP contribution is 2.07. The van der Waals surface area contributed by atoms with Gasteiger partial charge in [0, 0.05) is 23.5 Å². The van der Waals surface area contributed by atoms with E-state index < -0.39 is 0 Å². The smallest absolute Gasteiger partial charge is 0.157 e. The fraction of sp³-hybridized carbons (Fsp3) is 1.00. The second-order valence-corrected chi connectivity index (χ2v) is 3.56. The molecule has 0 aliphatic heterocycles. The van der Waals surface area contributed by atoms with Gasteiger partial charge in [0.15, 0.2) is 6.29 Å². The van der Waals surface area contributed by atoms with Gasteiger partial charge in [-0.3, -0.25) is 0 Å². The first-order valence-corrected chi connectivity index (χ1v) is 5.93. The monoisotopic (exact) mass is 201 g/mol. The van der Waals surface area contributed by atoms with Crippen LogP contribution in [-0.4, -0.2) is 29.7 Å². The first-order valence-electron chi connectivity index (χ1n) is 5.22. The van der Waals surface area contributed by atoms with Crippen LogP contribution in [0.3, 0.4) is 0 Å². The molecule has 0 spiro atoms. The van der Waals surface area contributed by atoms with Gasteiger partial charge >= 0.3 is 0 Å². The third kappa shape index (κ3) is 8.47. The summed E-state index contributed by atoms with van der Waals surface area (Å²) in [5.41, 5.74) is 0. The van der Waals surface area contributed by atoms with Gasteiger partial charge in [0.2, 0.25) is 0 Å². The summed E-state index contributed by atoms with van der Waals surface area (Å²) < 4.78 is 11.1. The summed E-state index contributed by atoms with van der Waals surface area (Å²) in [4.78, 5) is 0. The van der Waals surface area contributed by atoms with Crippen molar-refractivity contribution in [2.24, 2.45) is 0 Å². The summed E-state index contributed by atoms with van der Waals surface area (Å²) in [5, 5.41) is 0. The maximum Gasteiger partial charge on any atom is 0.157 e. The van der Waals surface area contributed by atoms with Gasteiger partial charge in [-0.2, -0.15) is 0 Å². The van der Waals surface area contributed by atoms with Crippen LogP contribution in [0, 0.1) is 0 Å². The lowest BCUT2D eigenvalue weighted by Gasteiger charge is -2.17. The number of hydrogen-bond acceptors (Lipinski definition) is 2. The van der Waals surface area contributed by atoms with E-state index in [-0.39, 0.29) is 6.29 Å². The quantitative estimate of drug-likeness (QED) is 0.421. The van der Waals surface area contributed by atoms with E-state index in [0.717, 1.165) is 44.9 Å². The lowest BCUT2D eigenvalue weighted by molar-refractivity contribution is -0.145. The predicted octanol–water partition coefficient (Wildman–Crippen LogP) is 2.53. The van der Waals surface area contributed by atoms with E-state index in [1.54, 1.807) is 0 Å². The number of ether oxygens (including phenoxy) is 2. The molecule has 3 radical (unpaired) electrons. The highest BCUT2D eigenvalue weighted by Gasteiger charge is 2.06. The van der Waals surface area contributed by atoms with Gasteiger partial charge < -0.3 is 9.47 Å². The van der Waals surface area contributed by atoms with Crippen molar-refractivity contribution in [3.63, 3.8) is 0 Å². The minimum absolute atomic E-state index is 0.0104. The molecule has 77 valence electrons. The van der Waals surface area contributed by atoms with E-state index in [9.17, 15) is 0 Å². The topological polar surface area (TPSA) is 18.5 Å². The van der Waals surface area contributed by atoms with E-state index >= 15 is 0 Å². The van der Waals surface area contributed by atoms with Gasteiger partial charge in [-0.05, 0) is 19.3 Å². The van der Waals surface area contributed by atoms with Crippen LogP contribution in [0.4, 0.5) is 0 Å². The van der Waals surface area contributed by atoms with Crippen molar-refractivity contribution in [1.29, 1.82) is 0 Å². The van der Waals surface area contributed by atoms with Crippen molar-refractivity contribution >= 4 is 10.2 Å². The molecule has 0 N–H and O–H groups in total. The van der Waals surface area contributed by atoms with Crippen molar-refractivity contribution in [2.45, 2.75) is 51.9 Å². The highest BCUT2D eigenvalue weighted by molar-refractivity contribution is 6.08. The van der Waals surface area contributed by atoms with Crippen LogP contribution in [0.1, 0.15) is 39.5 Å². The van der Waals surface area contributed by atoms with Gasteiger partial charge in [0.25, 0.3) is 0 Å². The zero-order chi connectivity index (χ0) is 9.94. The molecule has 0 atom stereocenters. The zero-order valence-electron chi connectivity index (χ0n) is 8.84. The molecule has 0 saturated carbocycles. The Morgan fingerprint density at radius 2 is 1.62 bits per heavy atom. The first kappa shape index (κ1) is 13.1. The molecule has 0 amide bonds. The Bertz CT molecular complexity index is 79.9. The molecule has 0 unspecified atom stereocenters. The fourth-order valence-corrected chi connectivity index (χ4v) is 1.19. The second kappa shape index (κ2) is 10.2. The molecule has 0 fully saturated rings. The fourth-order valence-electron chi connectivity index (χ4n) is 0.982. The van der Waals surface area contributed by atoms with E-state index in [1.165, 1.54) is 0 Å². The molecular weight excluding hydrogens is 180 g/mol.